The van der Waals surface area contributed by atoms with Crippen molar-refractivity contribution in [3.63, 3.8) is 0 Å². The first kappa shape index (κ1) is 15.3. The maximum absolute atomic E-state index is 12.5. The van der Waals surface area contributed by atoms with Crippen LogP contribution in [0.5, 0.6) is 11.5 Å². The number of hydrogen-bond donors (Lipinski definition) is 0. The van der Waals surface area contributed by atoms with E-state index in [1.165, 1.54) is 0 Å². The fourth-order valence-electron chi connectivity index (χ4n) is 1.97. The van der Waals surface area contributed by atoms with Gasteiger partial charge in [-0.05, 0) is 25.0 Å². The van der Waals surface area contributed by atoms with Gasteiger partial charge >= 0.3 is 0 Å². The molecule has 0 spiro atoms. The van der Waals surface area contributed by atoms with Gasteiger partial charge in [-0.1, -0.05) is 13.8 Å². The number of carbonyl (C=O) groups excluding carboxylic acids is 1. The molecule has 0 radical (unpaired) electrons. The topological polar surface area (TPSA) is 38.8 Å². The molecule has 0 saturated carbocycles. The van der Waals surface area contributed by atoms with Crippen LogP contribution in [0.15, 0.2) is 18.2 Å². The lowest BCUT2D eigenvalue weighted by Gasteiger charge is -2.22. The van der Waals surface area contributed by atoms with Gasteiger partial charge in [-0.2, -0.15) is 0 Å². The summed E-state index contributed by atoms with van der Waals surface area (Å²) in [5.74, 6) is 1.30. The van der Waals surface area contributed by atoms with Gasteiger partial charge in [0.25, 0.3) is 5.91 Å². The molecule has 0 unspecified atom stereocenters. The number of nitrogens with zero attached hydrogens (tertiary/aromatic N) is 1. The first-order valence-electron chi connectivity index (χ1n) is 6.68. The predicted molar refractivity (Wildman–Crippen MR) is 76.0 cm³/mol. The average Bonchev–Trinajstić information content (AvgIpc) is 2.45. The Morgan fingerprint density at radius 3 is 1.84 bits per heavy atom. The van der Waals surface area contributed by atoms with Crippen LogP contribution in [0, 0.1) is 0 Å². The second-order valence-corrected chi connectivity index (χ2v) is 4.39. The summed E-state index contributed by atoms with van der Waals surface area (Å²) in [5, 5.41) is 0. The molecule has 1 aromatic rings. The highest BCUT2D eigenvalue weighted by atomic mass is 16.5. The highest BCUT2D eigenvalue weighted by Gasteiger charge is 2.16. The molecule has 106 valence electrons. The molecule has 0 aromatic heterocycles. The Kier molecular flexibility index (Phi) is 6.19. The lowest BCUT2D eigenvalue weighted by atomic mass is 10.1. The van der Waals surface area contributed by atoms with Gasteiger partial charge in [0.2, 0.25) is 0 Å². The van der Waals surface area contributed by atoms with E-state index in [2.05, 4.69) is 13.8 Å². The normalized spacial score (nSPS) is 10.1. The molecular weight excluding hydrogens is 242 g/mol. The zero-order valence-electron chi connectivity index (χ0n) is 12.2. The van der Waals surface area contributed by atoms with Crippen molar-refractivity contribution >= 4 is 5.91 Å². The van der Waals surface area contributed by atoms with Crippen LogP contribution in [0.1, 0.15) is 37.0 Å². The molecular formula is C15H23NO3. The fourth-order valence-corrected chi connectivity index (χ4v) is 1.97. The smallest absolute Gasteiger partial charge is 0.254 e. The summed E-state index contributed by atoms with van der Waals surface area (Å²) in [6.07, 6.45) is 1.90. The molecule has 0 aliphatic carbocycles. The first-order valence-corrected chi connectivity index (χ1v) is 6.68. The zero-order chi connectivity index (χ0) is 14.3. The molecule has 1 rings (SSSR count). The van der Waals surface area contributed by atoms with Crippen LogP contribution < -0.4 is 9.47 Å². The van der Waals surface area contributed by atoms with Crippen molar-refractivity contribution in [2.24, 2.45) is 0 Å². The van der Waals surface area contributed by atoms with E-state index in [1.807, 2.05) is 4.90 Å². The van der Waals surface area contributed by atoms with Crippen LogP contribution in [-0.4, -0.2) is 38.1 Å². The van der Waals surface area contributed by atoms with E-state index in [-0.39, 0.29) is 5.91 Å². The van der Waals surface area contributed by atoms with Crippen LogP contribution in [0.2, 0.25) is 0 Å². The Hall–Kier alpha value is -1.71. The Morgan fingerprint density at radius 2 is 1.47 bits per heavy atom. The standard InChI is InChI=1S/C15H23NO3/c1-5-7-16(8-6-2)15(17)12-9-13(18-3)11-14(10-12)19-4/h9-11H,5-8H2,1-4H3. The minimum Gasteiger partial charge on any atom is -0.497 e. The van der Waals surface area contributed by atoms with Crippen molar-refractivity contribution < 1.29 is 14.3 Å². The summed E-state index contributed by atoms with van der Waals surface area (Å²) < 4.78 is 10.4. The molecule has 1 aromatic carbocycles. The molecule has 19 heavy (non-hydrogen) atoms. The molecule has 0 fully saturated rings. The molecule has 0 atom stereocenters. The highest BCUT2D eigenvalue weighted by Crippen LogP contribution is 2.23. The number of rotatable bonds is 7. The van der Waals surface area contributed by atoms with Crippen LogP contribution in [0.25, 0.3) is 0 Å². The number of methoxy groups -OCH3 is 2. The summed E-state index contributed by atoms with van der Waals surface area (Å²) >= 11 is 0. The molecule has 0 aliphatic heterocycles. The van der Waals surface area contributed by atoms with E-state index in [1.54, 1.807) is 32.4 Å². The third-order valence-corrected chi connectivity index (χ3v) is 2.87. The van der Waals surface area contributed by atoms with Crippen molar-refractivity contribution in [3.05, 3.63) is 23.8 Å². The van der Waals surface area contributed by atoms with Gasteiger partial charge in [-0.3, -0.25) is 4.79 Å². The zero-order valence-corrected chi connectivity index (χ0v) is 12.2. The monoisotopic (exact) mass is 265 g/mol. The number of amides is 1. The number of carbonyl (C=O) groups is 1. The average molecular weight is 265 g/mol. The Balaban J connectivity index is 3.01. The largest absolute Gasteiger partial charge is 0.497 e. The van der Waals surface area contributed by atoms with Crippen molar-refractivity contribution in [2.45, 2.75) is 26.7 Å². The quantitative estimate of drug-likeness (QED) is 0.761. The van der Waals surface area contributed by atoms with Gasteiger partial charge < -0.3 is 14.4 Å². The summed E-state index contributed by atoms with van der Waals surface area (Å²) in [6.45, 7) is 5.68. The second-order valence-electron chi connectivity index (χ2n) is 4.39. The van der Waals surface area contributed by atoms with E-state index in [0.29, 0.717) is 17.1 Å². The van der Waals surface area contributed by atoms with Gasteiger partial charge in [-0.15, -0.1) is 0 Å². The number of ether oxygens (including phenoxy) is 2. The van der Waals surface area contributed by atoms with Crippen LogP contribution >= 0.6 is 0 Å². The maximum Gasteiger partial charge on any atom is 0.254 e. The Labute approximate surface area is 115 Å². The molecule has 0 saturated heterocycles. The molecule has 0 bridgehead atoms. The Bertz CT molecular complexity index is 390. The van der Waals surface area contributed by atoms with Crippen LogP contribution in [0.4, 0.5) is 0 Å². The van der Waals surface area contributed by atoms with Crippen molar-refractivity contribution in [1.29, 1.82) is 0 Å². The van der Waals surface area contributed by atoms with E-state index in [0.717, 1.165) is 25.9 Å². The van der Waals surface area contributed by atoms with E-state index in [9.17, 15) is 4.79 Å². The second kappa shape index (κ2) is 7.67. The summed E-state index contributed by atoms with van der Waals surface area (Å²) in [7, 11) is 3.16. The first-order chi connectivity index (χ1) is 9.15. The third-order valence-electron chi connectivity index (χ3n) is 2.87. The summed E-state index contributed by atoms with van der Waals surface area (Å²) in [4.78, 5) is 14.3. The molecule has 4 nitrogen and oxygen atoms in total. The van der Waals surface area contributed by atoms with Crippen LogP contribution in [0.3, 0.4) is 0 Å². The van der Waals surface area contributed by atoms with Gasteiger partial charge in [0, 0.05) is 24.7 Å². The molecule has 4 heteroatoms. The third kappa shape index (κ3) is 4.16. The number of benzene rings is 1. The lowest BCUT2D eigenvalue weighted by molar-refractivity contribution is 0.0755. The maximum atomic E-state index is 12.5. The minimum absolute atomic E-state index is 0.0286. The van der Waals surface area contributed by atoms with E-state index < -0.39 is 0 Å². The number of hydrogen-bond acceptors (Lipinski definition) is 3. The van der Waals surface area contributed by atoms with Crippen LogP contribution in [-0.2, 0) is 0 Å². The fraction of sp³-hybridized carbons (Fsp3) is 0.533. The van der Waals surface area contributed by atoms with E-state index in [4.69, 9.17) is 9.47 Å². The molecule has 0 heterocycles. The summed E-state index contributed by atoms with van der Waals surface area (Å²) in [6, 6.07) is 5.27. The summed E-state index contributed by atoms with van der Waals surface area (Å²) in [5.41, 5.74) is 0.609. The van der Waals surface area contributed by atoms with Gasteiger partial charge in [0.05, 0.1) is 14.2 Å². The van der Waals surface area contributed by atoms with Crippen molar-refractivity contribution in [1.82, 2.24) is 4.90 Å². The molecule has 1 amide bonds. The lowest BCUT2D eigenvalue weighted by Crippen LogP contribution is -2.32. The van der Waals surface area contributed by atoms with Crippen molar-refractivity contribution in [3.8, 4) is 11.5 Å². The SMILES string of the molecule is CCCN(CCC)C(=O)c1cc(OC)cc(OC)c1. The van der Waals surface area contributed by atoms with Gasteiger partial charge in [-0.25, -0.2) is 0 Å². The van der Waals surface area contributed by atoms with Gasteiger partial charge in [0.15, 0.2) is 0 Å². The minimum atomic E-state index is 0.0286. The predicted octanol–water partition coefficient (Wildman–Crippen LogP) is 2.97. The molecule has 0 N–H and O–H groups in total. The Morgan fingerprint density at radius 1 is 1.00 bits per heavy atom. The molecule has 0 aliphatic rings. The van der Waals surface area contributed by atoms with Gasteiger partial charge in [0.1, 0.15) is 11.5 Å². The highest BCUT2D eigenvalue weighted by molar-refractivity contribution is 5.95. The van der Waals surface area contributed by atoms with E-state index >= 15 is 0 Å². The van der Waals surface area contributed by atoms with Crippen molar-refractivity contribution in [2.75, 3.05) is 27.3 Å².